The molecule has 5 heteroatoms. The minimum atomic E-state index is -0.471. The minimum absolute atomic E-state index is 0.000484. The van der Waals surface area contributed by atoms with E-state index in [9.17, 15) is 10.1 Å². The lowest BCUT2D eigenvalue weighted by Crippen LogP contribution is -1.97. The van der Waals surface area contributed by atoms with Crippen molar-refractivity contribution in [3.05, 3.63) is 38.9 Å². The van der Waals surface area contributed by atoms with Crippen LogP contribution in [-0.4, -0.2) is 10.8 Å². The smallest absolute Gasteiger partial charge is 0.258 e. The highest BCUT2D eigenvalue weighted by molar-refractivity contribution is 6.31. The van der Waals surface area contributed by atoms with Gasteiger partial charge < -0.3 is 0 Å². The summed E-state index contributed by atoms with van der Waals surface area (Å²) < 4.78 is 0. The lowest BCUT2D eigenvalue weighted by Gasteiger charge is -2.09. The third kappa shape index (κ3) is 2.36. The number of nitrogens with zero attached hydrogens (tertiary/aromatic N) is 1. The summed E-state index contributed by atoms with van der Waals surface area (Å²) in [6.45, 7) is 1.92. The van der Waals surface area contributed by atoms with Crippen LogP contribution in [0, 0.1) is 10.1 Å². The van der Waals surface area contributed by atoms with Gasteiger partial charge in [0, 0.05) is 18.0 Å². The van der Waals surface area contributed by atoms with Gasteiger partial charge >= 0.3 is 0 Å². The molecule has 0 aliphatic carbocycles. The van der Waals surface area contributed by atoms with Crippen molar-refractivity contribution in [2.45, 2.75) is 12.8 Å². The number of hydrogen-bond donors (Lipinski definition) is 0. The summed E-state index contributed by atoms with van der Waals surface area (Å²) in [5.41, 5.74) is 0.841. The molecule has 76 valence electrons. The molecule has 1 atom stereocenters. The fraction of sp³-hybridized carbons (Fsp3) is 0.333. The lowest BCUT2D eigenvalue weighted by atomic mass is 10.0. The first-order valence-corrected chi connectivity index (χ1v) is 4.97. The Hall–Kier alpha value is -0.800. The van der Waals surface area contributed by atoms with Crippen LogP contribution >= 0.6 is 23.2 Å². The number of nitro groups is 1. The first-order valence-electron chi connectivity index (χ1n) is 4.06. The number of rotatable bonds is 3. The van der Waals surface area contributed by atoms with Crippen molar-refractivity contribution < 1.29 is 4.92 Å². The van der Waals surface area contributed by atoms with Gasteiger partial charge in [0.1, 0.15) is 0 Å². The molecule has 0 heterocycles. The summed E-state index contributed by atoms with van der Waals surface area (Å²) in [5.74, 6) is 0.544. The molecule has 0 N–H and O–H groups in total. The molecule has 0 radical (unpaired) electrons. The Morgan fingerprint density at radius 2 is 2.21 bits per heavy atom. The minimum Gasteiger partial charge on any atom is -0.258 e. The number of halogens is 2. The van der Waals surface area contributed by atoms with E-state index in [0.29, 0.717) is 10.9 Å². The van der Waals surface area contributed by atoms with Gasteiger partial charge in [-0.3, -0.25) is 10.1 Å². The van der Waals surface area contributed by atoms with Gasteiger partial charge in [0.15, 0.2) is 0 Å². The molecule has 0 fully saturated rings. The van der Waals surface area contributed by atoms with Crippen LogP contribution in [-0.2, 0) is 0 Å². The van der Waals surface area contributed by atoms with Crippen LogP contribution in [0.1, 0.15) is 18.4 Å². The van der Waals surface area contributed by atoms with Crippen molar-refractivity contribution in [3.8, 4) is 0 Å². The highest BCUT2D eigenvalue weighted by atomic mass is 35.5. The number of benzene rings is 1. The fourth-order valence-corrected chi connectivity index (χ4v) is 1.64. The maximum atomic E-state index is 10.4. The maximum Gasteiger partial charge on any atom is 0.270 e. The molecule has 0 saturated heterocycles. The van der Waals surface area contributed by atoms with Gasteiger partial charge in [0.05, 0.1) is 9.95 Å². The lowest BCUT2D eigenvalue weighted by molar-refractivity contribution is -0.384. The van der Waals surface area contributed by atoms with Crippen LogP contribution in [0.15, 0.2) is 18.2 Å². The average molecular weight is 234 g/mol. The highest BCUT2D eigenvalue weighted by Gasteiger charge is 2.13. The number of hydrogen-bond acceptors (Lipinski definition) is 2. The first-order chi connectivity index (χ1) is 6.56. The fourth-order valence-electron chi connectivity index (χ4n) is 1.11. The van der Waals surface area contributed by atoms with Crippen molar-refractivity contribution in [3.63, 3.8) is 0 Å². The summed E-state index contributed by atoms with van der Waals surface area (Å²) in [5, 5.41) is 10.8. The third-order valence-corrected chi connectivity index (χ3v) is 2.75. The molecule has 0 aliphatic heterocycles. The van der Waals surface area contributed by atoms with Gasteiger partial charge in [0.2, 0.25) is 0 Å². The van der Waals surface area contributed by atoms with E-state index >= 15 is 0 Å². The molecule has 0 amide bonds. The molecule has 1 aromatic carbocycles. The van der Waals surface area contributed by atoms with Crippen LogP contribution in [0.4, 0.5) is 5.69 Å². The van der Waals surface area contributed by atoms with Gasteiger partial charge in [-0.15, -0.1) is 11.6 Å². The molecule has 1 aromatic rings. The summed E-state index contributed by atoms with van der Waals surface area (Å²) in [6, 6.07) is 4.43. The summed E-state index contributed by atoms with van der Waals surface area (Å²) in [6.07, 6.45) is 0. The molecule has 0 bridgehead atoms. The number of nitro benzene ring substituents is 1. The molecule has 0 spiro atoms. The first kappa shape index (κ1) is 11.3. The standard InChI is InChI=1S/C9H9Cl2NO2/c1-6(5-10)8-3-2-7(12(13)14)4-9(8)11/h2-4,6H,5H2,1H3. The second-order valence-corrected chi connectivity index (χ2v) is 3.73. The second kappa shape index (κ2) is 4.62. The molecule has 1 rings (SSSR count). The van der Waals surface area contributed by atoms with E-state index < -0.39 is 4.92 Å². The van der Waals surface area contributed by atoms with E-state index in [1.807, 2.05) is 6.92 Å². The molecule has 0 aromatic heterocycles. The van der Waals surface area contributed by atoms with E-state index in [4.69, 9.17) is 23.2 Å². The van der Waals surface area contributed by atoms with E-state index in [2.05, 4.69) is 0 Å². The summed E-state index contributed by atoms with van der Waals surface area (Å²) >= 11 is 11.6. The Kier molecular flexibility index (Phi) is 3.72. The summed E-state index contributed by atoms with van der Waals surface area (Å²) in [4.78, 5) is 9.95. The Labute approximate surface area is 91.8 Å². The Morgan fingerprint density at radius 3 is 2.64 bits per heavy atom. The average Bonchev–Trinajstić information content (AvgIpc) is 2.16. The third-order valence-electron chi connectivity index (χ3n) is 1.96. The normalized spacial score (nSPS) is 12.5. The van der Waals surface area contributed by atoms with Crippen molar-refractivity contribution in [2.75, 3.05) is 5.88 Å². The summed E-state index contributed by atoms with van der Waals surface area (Å²) in [7, 11) is 0. The van der Waals surface area contributed by atoms with Crippen LogP contribution in [0.3, 0.4) is 0 Å². The molecular weight excluding hydrogens is 225 g/mol. The second-order valence-electron chi connectivity index (χ2n) is 3.02. The Morgan fingerprint density at radius 1 is 1.57 bits per heavy atom. The van der Waals surface area contributed by atoms with E-state index in [-0.39, 0.29) is 11.6 Å². The van der Waals surface area contributed by atoms with Crippen LogP contribution in [0.2, 0.25) is 5.02 Å². The zero-order valence-corrected chi connectivity index (χ0v) is 9.05. The maximum absolute atomic E-state index is 10.4. The van der Waals surface area contributed by atoms with Crippen LogP contribution in [0.5, 0.6) is 0 Å². The molecule has 0 aliphatic rings. The van der Waals surface area contributed by atoms with Gasteiger partial charge in [-0.1, -0.05) is 24.6 Å². The van der Waals surface area contributed by atoms with Gasteiger partial charge in [0.25, 0.3) is 5.69 Å². The molecule has 1 unspecified atom stereocenters. The van der Waals surface area contributed by atoms with Crippen LogP contribution in [0.25, 0.3) is 0 Å². The predicted octanol–water partition coefficient (Wildman–Crippen LogP) is 3.59. The zero-order chi connectivity index (χ0) is 10.7. The Balaban J connectivity index is 3.07. The monoisotopic (exact) mass is 233 g/mol. The largest absolute Gasteiger partial charge is 0.270 e. The number of alkyl halides is 1. The van der Waals surface area contributed by atoms with Crippen molar-refractivity contribution in [2.24, 2.45) is 0 Å². The van der Waals surface area contributed by atoms with Crippen molar-refractivity contribution in [1.29, 1.82) is 0 Å². The molecule has 14 heavy (non-hydrogen) atoms. The van der Waals surface area contributed by atoms with E-state index in [1.54, 1.807) is 6.07 Å². The van der Waals surface area contributed by atoms with Gasteiger partial charge in [-0.25, -0.2) is 0 Å². The van der Waals surface area contributed by atoms with E-state index in [0.717, 1.165) is 5.56 Å². The van der Waals surface area contributed by atoms with Crippen molar-refractivity contribution >= 4 is 28.9 Å². The van der Waals surface area contributed by atoms with E-state index in [1.165, 1.54) is 12.1 Å². The van der Waals surface area contributed by atoms with Gasteiger partial charge in [-0.05, 0) is 11.5 Å². The zero-order valence-electron chi connectivity index (χ0n) is 7.54. The topological polar surface area (TPSA) is 43.1 Å². The molecule has 0 saturated carbocycles. The molecular formula is C9H9Cl2NO2. The van der Waals surface area contributed by atoms with Gasteiger partial charge in [-0.2, -0.15) is 0 Å². The molecule has 3 nitrogen and oxygen atoms in total. The van der Waals surface area contributed by atoms with Crippen molar-refractivity contribution in [1.82, 2.24) is 0 Å². The predicted molar refractivity (Wildman–Crippen MR) is 57.2 cm³/mol. The highest BCUT2D eigenvalue weighted by Crippen LogP contribution is 2.28. The quantitative estimate of drug-likeness (QED) is 0.455. The number of non-ortho nitro benzene ring substituents is 1. The van der Waals surface area contributed by atoms with Crippen LogP contribution < -0.4 is 0 Å². The Bertz CT molecular complexity index is 355. The SMILES string of the molecule is CC(CCl)c1ccc([N+](=O)[O-])cc1Cl.